The van der Waals surface area contributed by atoms with Gasteiger partial charge in [-0.25, -0.2) is 0 Å². The molecule has 3 rings (SSSR count). The number of nitrogens with zero attached hydrogens (tertiary/aromatic N) is 4. The maximum absolute atomic E-state index is 12.4. The standard InChI is InChI=1S/C15H17N5O4/c1-9-3-12(18-24-9)17-13(21)8-20-14(22)5-11(15(20)23)4-10-6-16-19(2)7-10/h3,6-7,11H,4-5,8H2,1-2H3,(H,17,18,21). The molecule has 1 saturated heterocycles. The van der Waals surface area contributed by atoms with Gasteiger partial charge in [0.25, 0.3) is 0 Å². The lowest BCUT2D eigenvalue weighted by Gasteiger charge is -2.13. The minimum absolute atomic E-state index is 0.101. The Bertz CT molecular complexity index is 793. The number of carbonyl (C=O) groups excluding carboxylic acids is 3. The first-order valence-electron chi connectivity index (χ1n) is 7.47. The number of aromatic nitrogens is 3. The summed E-state index contributed by atoms with van der Waals surface area (Å²) in [4.78, 5) is 37.4. The van der Waals surface area contributed by atoms with Gasteiger partial charge in [0.05, 0.1) is 12.1 Å². The normalized spacial score (nSPS) is 17.6. The number of imide groups is 1. The van der Waals surface area contributed by atoms with E-state index in [4.69, 9.17) is 4.52 Å². The van der Waals surface area contributed by atoms with Crippen LogP contribution in [0.5, 0.6) is 0 Å². The van der Waals surface area contributed by atoms with Crippen molar-refractivity contribution in [1.29, 1.82) is 0 Å². The summed E-state index contributed by atoms with van der Waals surface area (Å²) in [6.45, 7) is 1.37. The Kier molecular flexibility index (Phi) is 4.15. The van der Waals surface area contributed by atoms with Crippen LogP contribution < -0.4 is 5.32 Å². The number of hydrogen-bond acceptors (Lipinski definition) is 6. The first-order chi connectivity index (χ1) is 11.4. The smallest absolute Gasteiger partial charge is 0.245 e. The van der Waals surface area contributed by atoms with E-state index in [1.165, 1.54) is 0 Å². The summed E-state index contributed by atoms with van der Waals surface area (Å²) in [7, 11) is 1.79. The van der Waals surface area contributed by atoms with E-state index in [-0.39, 0.29) is 30.6 Å². The molecule has 1 atom stereocenters. The molecule has 126 valence electrons. The predicted octanol–water partition coefficient (Wildman–Crippen LogP) is 0.273. The zero-order valence-electron chi connectivity index (χ0n) is 13.4. The minimum atomic E-state index is -0.493. The summed E-state index contributed by atoms with van der Waals surface area (Å²) in [5, 5.41) is 10.2. The van der Waals surface area contributed by atoms with Crippen LogP contribution in [0.25, 0.3) is 0 Å². The highest BCUT2D eigenvalue weighted by Gasteiger charge is 2.39. The molecule has 0 aliphatic carbocycles. The minimum Gasteiger partial charge on any atom is -0.360 e. The molecular weight excluding hydrogens is 314 g/mol. The van der Waals surface area contributed by atoms with E-state index < -0.39 is 11.8 Å². The molecule has 0 spiro atoms. The Balaban J connectivity index is 1.60. The third-order valence-corrected chi connectivity index (χ3v) is 3.77. The van der Waals surface area contributed by atoms with E-state index in [2.05, 4.69) is 15.6 Å². The number of hydrogen-bond donors (Lipinski definition) is 1. The van der Waals surface area contributed by atoms with Crippen LogP contribution in [0, 0.1) is 12.8 Å². The monoisotopic (exact) mass is 331 g/mol. The van der Waals surface area contributed by atoms with Crippen LogP contribution in [0.3, 0.4) is 0 Å². The van der Waals surface area contributed by atoms with Gasteiger partial charge in [0.2, 0.25) is 17.7 Å². The quantitative estimate of drug-likeness (QED) is 0.788. The SMILES string of the molecule is Cc1cc(NC(=O)CN2C(=O)CC(Cc3cnn(C)c3)C2=O)no1. The van der Waals surface area contributed by atoms with E-state index >= 15 is 0 Å². The predicted molar refractivity (Wildman–Crippen MR) is 81.6 cm³/mol. The number of likely N-dealkylation sites (tertiary alicyclic amines) is 1. The summed E-state index contributed by atoms with van der Waals surface area (Å²) >= 11 is 0. The van der Waals surface area contributed by atoms with Crippen LogP contribution in [-0.2, 0) is 27.9 Å². The molecule has 9 nitrogen and oxygen atoms in total. The van der Waals surface area contributed by atoms with Gasteiger partial charge >= 0.3 is 0 Å². The van der Waals surface area contributed by atoms with Gasteiger partial charge in [-0.05, 0) is 18.9 Å². The zero-order chi connectivity index (χ0) is 17.3. The fourth-order valence-corrected chi connectivity index (χ4v) is 2.69. The first kappa shape index (κ1) is 15.9. The topological polar surface area (TPSA) is 110 Å². The van der Waals surface area contributed by atoms with E-state index in [1.807, 2.05) is 0 Å². The highest BCUT2D eigenvalue weighted by molar-refractivity contribution is 6.07. The van der Waals surface area contributed by atoms with Crippen LogP contribution in [0.1, 0.15) is 17.7 Å². The molecule has 0 bridgehead atoms. The van der Waals surface area contributed by atoms with Crippen LogP contribution in [0.4, 0.5) is 5.82 Å². The van der Waals surface area contributed by atoms with Crippen LogP contribution >= 0.6 is 0 Å². The van der Waals surface area contributed by atoms with Gasteiger partial charge in [-0.3, -0.25) is 24.0 Å². The van der Waals surface area contributed by atoms with Gasteiger partial charge in [-0.1, -0.05) is 5.16 Å². The van der Waals surface area contributed by atoms with E-state index in [0.29, 0.717) is 12.2 Å². The molecule has 0 radical (unpaired) electrons. The largest absolute Gasteiger partial charge is 0.360 e. The maximum atomic E-state index is 12.4. The Morgan fingerprint density at radius 3 is 2.88 bits per heavy atom. The summed E-state index contributed by atoms with van der Waals surface area (Å²) in [6, 6.07) is 1.55. The summed E-state index contributed by atoms with van der Waals surface area (Å²) in [5.74, 6) is -0.829. The van der Waals surface area contributed by atoms with Gasteiger partial charge in [0.15, 0.2) is 5.82 Å². The molecule has 2 aromatic heterocycles. The molecule has 1 N–H and O–H groups in total. The zero-order valence-corrected chi connectivity index (χ0v) is 13.4. The average Bonchev–Trinajstić information content (AvgIpc) is 3.17. The number of carbonyl (C=O) groups is 3. The molecule has 1 unspecified atom stereocenters. The lowest BCUT2D eigenvalue weighted by Crippen LogP contribution is -2.38. The molecule has 9 heteroatoms. The van der Waals surface area contributed by atoms with Crippen molar-refractivity contribution < 1.29 is 18.9 Å². The number of anilines is 1. The second-order valence-electron chi connectivity index (χ2n) is 5.82. The van der Waals surface area contributed by atoms with E-state index in [0.717, 1.165) is 10.5 Å². The molecule has 3 heterocycles. The van der Waals surface area contributed by atoms with Gasteiger partial charge in [-0.2, -0.15) is 5.10 Å². The van der Waals surface area contributed by atoms with Gasteiger partial charge < -0.3 is 9.84 Å². The maximum Gasteiger partial charge on any atom is 0.245 e. The van der Waals surface area contributed by atoms with Gasteiger partial charge in [0, 0.05) is 25.7 Å². The third kappa shape index (κ3) is 3.34. The van der Waals surface area contributed by atoms with E-state index in [9.17, 15) is 14.4 Å². The van der Waals surface area contributed by atoms with Crippen molar-refractivity contribution in [2.24, 2.45) is 13.0 Å². The molecule has 1 aliphatic heterocycles. The van der Waals surface area contributed by atoms with Crippen LogP contribution in [-0.4, -0.2) is 44.1 Å². The lowest BCUT2D eigenvalue weighted by molar-refractivity contribution is -0.142. The fraction of sp³-hybridized carbons (Fsp3) is 0.400. The van der Waals surface area contributed by atoms with Gasteiger partial charge in [-0.15, -0.1) is 0 Å². The van der Waals surface area contributed by atoms with Crippen molar-refractivity contribution in [3.63, 3.8) is 0 Å². The van der Waals surface area contributed by atoms with Gasteiger partial charge in [0.1, 0.15) is 12.3 Å². The second kappa shape index (κ2) is 6.26. The summed E-state index contributed by atoms with van der Waals surface area (Å²) in [5.41, 5.74) is 0.882. The molecular formula is C15H17N5O4. The molecule has 2 aromatic rings. The Morgan fingerprint density at radius 2 is 2.25 bits per heavy atom. The van der Waals surface area contributed by atoms with Crippen molar-refractivity contribution in [1.82, 2.24) is 19.8 Å². The Labute approximate surface area is 137 Å². The van der Waals surface area contributed by atoms with Crippen LogP contribution in [0.2, 0.25) is 0 Å². The number of aryl methyl sites for hydroxylation is 2. The van der Waals surface area contributed by atoms with Crippen molar-refractivity contribution in [3.05, 3.63) is 29.8 Å². The van der Waals surface area contributed by atoms with E-state index in [1.54, 1.807) is 37.1 Å². The Morgan fingerprint density at radius 1 is 1.46 bits per heavy atom. The van der Waals surface area contributed by atoms with Crippen molar-refractivity contribution >= 4 is 23.5 Å². The van der Waals surface area contributed by atoms with Crippen molar-refractivity contribution in [2.75, 3.05) is 11.9 Å². The highest BCUT2D eigenvalue weighted by Crippen LogP contribution is 2.23. The molecule has 3 amide bonds. The molecule has 0 aromatic carbocycles. The molecule has 24 heavy (non-hydrogen) atoms. The van der Waals surface area contributed by atoms with Crippen molar-refractivity contribution in [2.45, 2.75) is 19.8 Å². The number of rotatable bonds is 5. The molecule has 1 aliphatic rings. The Hall–Kier alpha value is -2.97. The molecule has 1 fully saturated rings. The summed E-state index contributed by atoms with van der Waals surface area (Å²) < 4.78 is 6.48. The first-order valence-corrected chi connectivity index (χ1v) is 7.47. The second-order valence-corrected chi connectivity index (χ2v) is 5.82. The molecule has 0 saturated carbocycles. The third-order valence-electron chi connectivity index (χ3n) is 3.77. The average molecular weight is 331 g/mol. The fourth-order valence-electron chi connectivity index (χ4n) is 2.69. The lowest BCUT2D eigenvalue weighted by atomic mass is 10.0. The van der Waals surface area contributed by atoms with Crippen LogP contribution in [0.15, 0.2) is 23.0 Å². The highest BCUT2D eigenvalue weighted by atomic mass is 16.5. The number of amides is 3. The summed E-state index contributed by atoms with van der Waals surface area (Å²) in [6.07, 6.45) is 4.00. The van der Waals surface area contributed by atoms with Crippen molar-refractivity contribution in [3.8, 4) is 0 Å². The number of nitrogens with one attached hydrogen (secondary N) is 1.